The Morgan fingerprint density at radius 2 is 1.90 bits per heavy atom. The average Bonchev–Trinajstić information content (AvgIpc) is 2.46. The number of rotatable bonds is 7. The number of benzene rings is 1. The van der Waals surface area contributed by atoms with Crippen LogP contribution in [0.3, 0.4) is 0 Å². The predicted molar refractivity (Wildman–Crippen MR) is 80.7 cm³/mol. The summed E-state index contributed by atoms with van der Waals surface area (Å²) in [6.45, 7) is 3.85. The van der Waals surface area contributed by atoms with Crippen LogP contribution in [0.1, 0.15) is 26.7 Å². The summed E-state index contributed by atoms with van der Waals surface area (Å²) in [6, 6.07) is 5.11. The Balaban J connectivity index is 2.67. The van der Waals surface area contributed by atoms with Crippen molar-refractivity contribution in [2.45, 2.75) is 32.7 Å². The van der Waals surface area contributed by atoms with Crippen LogP contribution in [0.2, 0.25) is 0 Å². The minimum atomic E-state index is -0.401. The number of anilines is 1. The van der Waals surface area contributed by atoms with E-state index in [0.29, 0.717) is 17.2 Å². The van der Waals surface area contributed by atoms with Gasteiger partial charge in [0.2, 0.25) is 11.8 Å². The zero-order valence-corrected chi connectivity index (χ0v) is 12.9. The Kier molecular flexibility index (Phi) is 6.52. The highest BCUT2D eigenvalue weighted by Gasteiger charge is 2.14. The minimum Gasteiger partial charge on any atom is -0.497 e. The Morgan fingerprint density at radius 1 is 1.19 bits per heavy atom. The summed E-state index contributed by atoms with van der Waals surface area (Å²) in [5, 5.41) is 5.40. The molecule has 0 aliphatic heterocycles. The molecule has 1 unspecified atom stereocenters. The van der Waals surface area contributed by atoms with Gasteiger partial charge in [0.25, 0.3) is 0 Å². The van der Waals surface area contributed by atoms with Crippen molar-refractivity contribution >= 4 is 17.5 Å². The van der Waals surface area contributed by atoms with Gasteiger partial charge in [-0.15, -0.1) is 0 Å². The normalized spacial score (nSPS) is 11.4. The van der Waals surface area contributed by atoms with E-state index in [0.717, 1.165) is 6.42 Å². The van der Waals surface area contributed by atoms with E-state index >= 15 is 0 Å². The summed E-state index contributed by atoms with van der Waals surface area (Å²) in [7, 11) is 3.04. The van der Waals surface area contributed by atoms with Crippen molar-refractivity contribution in [3.05, 3.63) is 18.2 Å². The molecule has 2 N–H and O–H groups in total. The van der Waals surface area contributed by atoms with Crippen molar-refractivity contribution in [1.82, 2.24) is 5.32 Å². The third-order valence-corrected chi connectivity index (χ3v) is 3.02. The monoisotopic (exact) mass is 294 g/mol. The highest BCUT2D eigenvalue weighted by molar-refractivity contribution is 6.04. The fourth-order valence-corrected chi connectivity index (χ4v) is 1.68. The highest BCUT2D eigenvalue weighted by Crippen LogP contribution is 2.28. The van der Waals surface area contributed by atoms with Crippen molar-refractivity contribution in [1.29, 1.82) is 0 Å². The van der Waals surface area contributed by atoms with Crippen LogP contribution in [0.4, 0.5) is 5.69 Å². The second-order valence-electron chi connectivity index (χ2n) is 4.67. The quantitative estimate of drug-likeness (QED) is 0.754. The van der Waals surface area contributed by atoms with Gasteiger partial charge in [-0.1, -0.05) is 6.92 Å². The third-order valence-electron chi connectivity index (χ3n) is 3.02. The van der Waals surface area contributed by atoms with Crippen molar-refractivity contribution < 1.29 is 19.1 Å². The molecule has 6 heteroatoms. The van der Waals surface area contributed by atoms with Crippen LogP contribution in [-0.2, 0) is 9.59 Å². The standard InChI is InChI=1S/C15H22N2O4/c1-5-10(2)16-14(18)9-15(19)17-12-8-11(20-3)6-7-13(12)21-4/h6-8,10H,5,9H2,1-4H3,(H,16,18)(H,17,19). The Labute approximate surface area is 124 Å². The maximum atomic E-state index is 11.9. The predicted octanol–water partition coefficient (Wildman–Crippen LogP) is 1.95. The van der Waals surface area contributed by atoms with Crippen LogP contribution in [0.25, 0.3) is 0 Å². The third kappa shape index (κ3) is 5.33. The maximum Gasteiger partial charge on any atom is 0.233 e. The largest absolute Gasteiger partial charge is 0.497 e. The molecule has 1 aromatic rings. The van der Waals surface area contributed by atoms with Crippen molar-refractivity contribution in [3.8, 4) is 11.5 Å². The van der Waals surface area contributed by atoms with Crippen molar-refractivity contribution in [2.24, 2.45) is 0 Å². The van der Waals surface area contributed by atoms with Gasteiger partial charge in [-0.25, -0.2) is 0 Å². The summed E-state index contributed by atoms with van der Waals surface area (Å²) < 4.78 is 10.3. The number of nitrogens with one attached hydrogen (secondary N) is 2. The van der Waals surface area contributed by atoms with E-state index in [1.165, 1.54) is 14.2 Å². The van der Waals surface area contributed by atoms with E-state index in [1.54, 1.807) is 18.2 Å². The molecule has 21 heavy (non-hydrogen) atoms. The van der Waals surface area contributed by atoms with Crippen LogP contribution < -0.4 is 20.1 Å². The van der Waals surface area contributed by atoms with Gasteiger partial charge in [-0.05, 0) is 25.5 Å². The SMILES string of the molecule is CCC(C)NC(=O)CC(=O)Nc1cc(OC)ccc1OC. The molecular weight excluding hydrogens is 272 g/mol. The van der Waals surface area contributed by atoms with Crippen molar-refractivity contribution in [3.63, 3.8) is 0 Å². The van der Waals surface area contributed by atoms with Crippen LogP contribution >= 0.6 is 0 Å². The van der Waals surface area contributed by atoms with E-state index in [-0.39, 0.29) is 18.4 Å². The number of carbonyl (C=O) groups excluding carboxylic acids is 2. The molecule has 116 valence electrons. The fraction of sp³-hybridized carbons (Fsp3) is 0.467. The van der Waals surface area contributed by atoms with E-state index in [4.69, 9.17) is 9.47 Å². The second-order valence-corrected chi connectivity index (χ2v) is 4.67. The number of amides is 2. The first-order valence-electron chi connectivity index (χ1n) is 6.81. The van der Waals surface area contributed by atoms with Gasteiger partial charge in [0, 0.05) is 12.1 Å². The molecule has 0 saturated carbocycles. The molecule has 2 amide bonds. The molecule has 0 fully saturated rings. The molecule has 0 heterocycles. The lowest BCUT2D eigenvalue weighted by Crippen LogP contribution is -2.34. The van der Waals surface area contributed by atoms with Gasteiger partial charge in [0.1, 0.15) is 17.9 Å². The molecule has 0 radical (unpaired) electrons. The summed E-state index contributed by atoms with van der Waals surface area (Å²) in [6.07, 6.45) is 0.585. The van der Waals surface area contributed by atoms with Gasteiger partial charge in [0.05, 0.1) is 19.9 Å². The summed E-state index contributed by atoms with van der Waals surface area (Å²) >= 11 is 0. The minimum absolute atomic E-state index is 0.0525. The molecule has 6 nitrogen and oxygen atoms in total. The second kappa shape index (κ2) is 8.14. The smallest absolute Gasteiger partial charge is 0.233 e. The Hall–Kier alpha value is -2.24. The van der Waals surface area contributed by atoms with Crippen LogP contribution in [0, 0.1) is 0 Å². The first-order valence-corrected chi connectivity index (χ1v) is 6.81. The van der Waals surface area contributed by atoms with Crippen molar-refractivity contribution in [2.75, 3.05) is 19.5 Å². The van der Waals surface area contributed by atoms with Gasteiger partial charge >= 0.3 is 0 Å². The van der Waals surface area contributed by atoms with E-state index < -0.39 is 5.91 Å². The molecule has 0 aliphatic carbocycles. The molecular formula is C15H22N2O4. The van der Waals surface area contributed by atoms with Gasteiger partial charge < -0.3 is 20.1 Å². The van der Waals surface area contributed by atoms with Gasteiger partial charge in [-0.3, -0.25) is 9.59 Å². The van der Waals surface area contributed by atoms with E-state index in [1.807, 2.05) is 13.8 Å². The molecule has 0 aromatic heterocycles. The van der Waals surface area contributed by atoms with E-state index in [2.05, 4.69) is 10.6 Å². The van der Waals surface area contributed by atoms with Gasteiger partial charge in [-0.2, -0.15) is 0 Å². The average molecular weight is 294 g/mol. The van der Waals surface area contributed by atoms with Crippen LogP contribution in [0.5, 0.6) is 11.5 Å². The lowest BCUT2D eigenvalue weighted by molar-refractivity contribution is -0.127. The lowest BCUT2D eigenvalue weighted by Gasteiger charge is -2.13. The molecule has 0 saturated heterocycles. The Morgan fingerprint density at radius 3 is 2.48 bits per heavy atom. The lowest BCUT2D eigenvalue weighted by atomic mass is 10.2. The Bertz CT molecular complexity index is 502. The van der Waals surface area contributed by atoms with Crippen LogP contribution in [0.15, 0.2) is 18.2 Å². The molecule has 1 aromatic carbocycles. The zero-order valence-electron chi connectivity index (χ0n) is 12.9. The molecule has 0 bridgehead atoms. The summed E-state index contributed by atoms with van der Waals surface area (Å²) in [5.41, 5.74) is 0.471. The van der Waals surface area contributed by atoms with Gasteiger partial charge in [0.15, 0.2) is 0 Å². The number of hydrogen-bond donors (Lipinski definition) is 2. The molecule has 0 spiro atoms. The number of methoxy groups -OCH3 is 2. The number of ether oxygens (including phenoxy) is 2. The first-order chi connectivity index (χ1) is 9.99. The molecule has 1 rings (SSSR count). The van der Waals surface area contributed by atoms with E-state index in [9.17, 15) is 9.59 Å². The highest BCUT2D eigenvalue weighted by atomic mass is 16.5. The zero-order chi connectivity index (χ0) is 15.8. The fourth-order valence-electron chi connectivity index (χ4n) is 1.68. The van der Waals surface area contributed by atoms with Crippen LogP contribution in [-0.4, -0.2) is 32.1 Å². The molecule has 0 aliphatic rings. The number of carbonyl (C=O) groups is 2. The molecule has 1 atom stereocenters. The summed E-state index contributed by atoms with van der Waals surface area (Å²) in [4.78, 5) is 23.6. The first kappa shape index (κ1) is 16.8. The topological polar surface area (TPSA) is 76.7 Å². The summed E-state index contributed by atoms with van der Waals surface area (Å²) in [5.74, 6) is 0.396. The number of hydrogen-bond acceptors (Lipinski definition) is 4. The maximum absolute atomic E-state index is 11.9.